The van der Waals surface area contributed by atoms with Gasteiger partial charge in [0.2, 0.25) is 5.91 Å². The quantitative estimate of drug-likeness (QED) is 0.845. The number of carbonyl (C=O) groups is 2. The Kier molecular flexibility index (Phi) is 5.15. The van der Waals surface area contributed by atoms with Crippen molar-refractivity contribution in [3.8, 4) is 6.07 Å². The van der Waals surface area contributed by atoms with E-state index in [9.17, 15) is 18.4 Å². The number of rotatable bonds is 5. The highest BCUT2D eigenvalue weighted by Crippen LogP contribution is 2.12. The average Bonchev–Trinajstić information content (AvgIpc) is 2.35. The van der Waals surface area contributed by atoms with Crippen LogP contribution in [0.25, 0.3) is 0 Å². The van der Waals surface area contributed by atoms with Crippen molar-refractivity contribution in [1.29, 1.82) is 5.26 Å². The number of hydrogen-bond donors (Lipinski definition) is 2. The van der Waals surface area contributed by atoms with Gasteiger partial charge < -0.3 is 11.1 Å². The lowest BCUT2D eigenvalue weighted by Crippen LogP contribution is -2.48. The highest BCUT2D eigenvalue weighted by Gasteiger charge is 2.26. The van der Waals surface area contributed by atoms with Crippen molar-refractivity contribution in [2.45, 2.75) is 19.4 Å². The first kappa shape index (κ1) is 15.6. The topological polar surface area (TPSA) is 96.0 Å². The molecule has 0 bridgehead atoms. The zero-order valence-electron chi connectivity index (χ0n) is 10.7. The van der Waals surface area contributed by atoms with Crippen molar-refractivity contribution in [3.63, 3.8) is 0 Å². The molecule has 0 fully saturated rings. The van der Waals surface area contributed by atoms with Crippen LogP contribution < -0.4 is 11.1 Å². The molecule has 2 atom stereocenters. The monoisotopic (exact) mass is 281 g/mol. The van der Waals surface area contributed by atoms with E-state index in [1.807, 2.05) is 6.07 Å². The third-order valence-electron chi connectivity index (χ3n) is 2.75. The highest BCUT2D eigenvalue weighted by molar-refractivity contribution is 5.97. The predicted octanol–water partition coefficient (Wildman–Crippen LogP) is 1.10. The van der Waals surface area contributed by atoms with E-state index in [4.69, 9.17) is 11.0 Å². The van der Waals surface area contributed by atoms with Crippen LogP contribution in [0.4, 0.5) is 8.78 Å². The molecule has 0 aromatic heterocycles. The standard InChI is InChI=1S/C13H13F2N3O2/c1-7(4-5-16)11(12(17)19)18-13(20)9-3-2-8(14)6-10(9)15/h2-3,6-7,11H,4H2,1H3,(H2,17,19)(H,18,20)/t7-,11+/m0/s1. The number of nitrogens with one attached hydrogen (secondary N) is 1. The van der Waals surface area contributed by atoms with Gasteiger partial charge in [0.05, 0.1) is 11.6 Å². The van der Waals surface area contributed by atoms with Crippen molar-refractivity contribution in [3.05, 3.63) is 35.4 Å². The minimum atomic E-state index is -1.10. The second-order valence-corrected chi connectivity index (χ2v) is 4.32. The number of nitrogens with two attached hydrogens (primary N) is 1. The third kappa shape index (κ3) is 3.75. The lowest BCUT2D eigenvalue weighted by Gasteiger charge is -2.20. The summed E-state index contributed by atoms with van der Waals surface area (Å²) in [6, 6.07) is 3.20. The summed E-state index contributed by atoms with van der Waals surface area (Å²) in [5.41, 5.74) is 4.74. The number of benzene rings is 1. The minimum Gasteiger partial charge on any atom is -0.368 e. The molecule has 0 saturated carbocycles. The Labute approximate surface area is 114 Å². The van der Waals surface area contributed by atoms with Crippen molar-refractivity contribution in [2.75, 3.05) is 0 Å². The maximum atomic E-state index is 13.4. The Morgan fingerprint density at radius 1 is 1.45 bits per heavy atom. The van der Waals surface area contributed by atoms with Crippen LogP contribution in [0, 0.1) is 28.9 Å². The van der Waals surface area contributed by atoms with Crippen LogP contribution in [0.1, 0.15) is 23.7 Å². The first-order valence-corrected chi connectivity index (χ1v) is 5.79. The van der Waals surface area contributed by atoms with Crippen molar-refractivity contribution in [2.24, 2.45) is 11.7 Å². The van der Waals surface area contributed by atoms with Gasteiger partial charge in [0.15, 0.2) is 0 Å². The van der Waals surface area contributed by atoms with Crippen LogP contribution in [-0.4, -0.2) is 17.9 Å². The summed E-state index contributed by atoms with van der Waals surface area (Å²) in [7, 11) is 0. The van der Waals surface area contributed by atoms with Crippen LogP contribution in [0.3, 0.4) is 0 Å². The largest absolute Gasteiger partial charge is 0.368 e. The summed E-state index contributed by atoms with van der Waals surface area (Å²) in [6.45, 7) is 1.56. The molecule has 0 aliphatic heterocycles. The van der Waals surface area contributed by atoms with Gasteiger partial charge in [0.1, 0.15) is 17.7 Å². The third-order valence-corrected chi connectivity index (χ3v) is 2.75. The molecular formula is C13H13F2N3O2. The van der Waals surface area contributed by atoms with Crippen molar-refractivity contribution in [1.82, 2.24) is 5.32 Å². The number of nitriles is 1. The second kappa shape index (κ2) is 6.61. The molecule has 106 valence electrons. The molecule has 0 radical (unpaired) electrons. The first-order valence-electron chi connectivity index (χ1n) is 5.79. The second-order valence-electron chi connectivity index (χ2n) is 4.32. The minimum absolute atomic E-state index is 0.000212. The molecular weight excluding hydrogens is 268 g/mol. The van der Waals surface area contributed by atoms with E-state index in [0.717, 1.165) is 12.1 Å². The van der Waals surface area contributed by atoms with Gasteiger partial charge in [-0.1, -0.05) is 6.92 Å². The van der Waals surface area contributed by atoms with Gasteiger partial charge in [-0.15, -0.1) is 0 Å². The van der Waals surface area contributed by atoms with Gasteiger partial charge >= 0.3 is 0 Å². The lowest BCUT2D eigenvalue weighted by molar-refractivity contribution is -0.120. The summed E-state index contributed by atoms with van der Waals surface area (Å²) >= 11 is 0. The summed E-state index contributed by atoms with van der Waals surface area (Å²) in [6.07, 6.45) is -0.000212. The van der Waals surface area contributed by atoms with Crippen LogP contribution in [-0.2, 0) is 4.79 Å². The lowest BCUT2D eigenvalue weighted by atomic mass is 9.98. The van der Waals surface area contributed by atoms with Crippen LogP contribution >= 0.6 is 0 Å². The molecule has 0 saturated heterocycles. The number of nitrogens with zero attached hydrogens (tertiary/aromatic N) is 1. The van der Waals surface area contributed by atoms with Crippen molar-refractivity contribution < 1.29 is 18.4 Å². The van der Waals surface area contributed by atoms with Gasteiger partial charge in [-0.05, 0) is 18.1 Å². The van der Waals surface area contributed by atoms with Gasteiger partial charge in [0.25, 0.3) is 5.91 Å². The van der Waals surface area contributed by atoms with Gasteiger partial charge in [0, 0.05) is 12.5 Å². The van der Waals surface area contributed by atoms with E-state index >= 15 is 0 Å². The molecule has 0 aliphatic rings. The summed E-state index contributed by atoms with van der Waals surface area (Å²) in [4.78, 5) is 23.1. The summed E-state index contributed by atoms with van der Waals surface area (Å²) in [5.74, 6) is -4.10. The van der Waals surface area contributed by atoms with E-state index in [1.54, 1.807) is 6.92 Å². The normalized spacial score (nSPS) is 13.1. The first-order chi connectivity index (χ1) is 9.36. The number of carbonyl (C=O) groups excluding carboxylic acids is 2. The van der Waals surface area contributed by atoms with Gasteiger partial charge in [-0.25, -0.2) is 8.78 Å². The summed E-state index contributed by atoms with van der Waals surface area (Å²) < 4.78 is 26.2. The smallest absolute Gasteiger partial charge is 0.254 e. The Hall–Kier alpha value is -2.49. The van der Waals surface area contributed by atoms with Crippen LogP contribution in [0.2, 0.25) is 0 Å². The zero-order chi connectivity index (χ0) is 15.3. The van der Waals surface area contributed by atoms with Gasteiger partial charge in [-0.2, -0.15) is 5.26 Å². The highest BCUT2D eigenvalue weighted by atomic mass is 19.1. The molecule has 5 nitrogen and oxygen atoms in total. The molecule has 0 heterocycles. The van der Waals surface area contributed by atoms with E-state index in [-0.39, 0.29) is 6.42 Å². The van der Waals surface area contributed by atoms with E-state index in [2.05, 4.69) is 5.32 Å². The number of halogens is 2. The van der Waals surface area contributed by atoms with E-state index in [1.165, 1.54) is 0 Å². The average molecular weight is 281 g/mol. The Bertz CT molecular complexity index is 569. The molecule has 20 heavy (non-hydrogen) atoms. The number of primary amides is 1. The fourth-order valence-corrected chi connectivity index (χ4v) is 1.65. The fraction of sp³-hybridized carbons (Fsp3) is 0.308. The fourth-order valence-electron chi connectivity index (χ4n) is 1.65. The Balaban J connectivity index is 2.91. The Morgan fingerprint density at radius 2 is 2.10 bits per heavy atom. The molecule has 0 aliphatic carbocycles. The zero-order valence-corrected chi connectivity index (χ0v) is 10.7. The SMILES string of the molecule is C[C@@H](CC#N)[C@@H](NC(=O)c1ccc(F)cc1F)C(N)=O. The van der Waals surface area contributed by atoms with Crippen molar-refractivity contribution >= 4 is 11.8 Å². The predicted molar refractivity (Wildman–Crippen MR) is 66.2 cm³/mol. The molecule has 1 aromatic rings. The number of amides is 2. The van der Waals surface area contributed by atoms with E-state index < -0.39 is 41.0 Å². The molecule has 1 rings (SSSR count). The maximum absolute atomic E-state index is 13.4. The van der Waals surface area contributed by atoms with Crippen LogP contribution in [0.15, 0.2) is 18.2 Å². The van der Waals surface area contributed by atoms with Crippen LogP contribution in [0.5, 0.6) is 0 Å². The molecule has 3 N–H and O–H groups in total. The molecule has 7 heteroatoms. The molecule has 0 unspecified atom stereocenters. The molecule has 0 spiro atoms. The van der Waals surface area contributed by atoms with Gasteiger partial charge in [-0.3, -0.25) is 9.59 Å². The molecule has 2 amide bonds. The van der Waals surface area contributed by atoms with E-state index in [0.29, 0.717) is 6.07 Å². The molecule has 1 aromatic carbocycles. The number of hydrogen-bond acceptors (Lipinski definition) is 3. The Morgan fingerprint density at radius 3 is 2.60 bits per heavy atom. The maximum Gasteiger partial charge on any atom is 0.254 e. The summed E-state index contributed by atoms with van der Waals surface area (Å²) in [5, 5.41) is 10.8.